The van der Waals surface area contributed by atoms with Crippen molar-refractivity contribution in [1.29, 1.82) is 5.26 Å². The summed E-state index contributed by atoms with van der Waals surface area (Å²) < 4.78 is 4.72. The Morgan fingerprint density at radius 3 is 2.86 bits per heavy atom. The Bertz CT molecular complexity index is 310. The van der Waals surface area contributed by atoms with Gasteiger partial charge in [0.2, 0.25) is 0 Å². The second kappa shape index (κ2) is 2.96. The number of rotatable bonds is 1. The molecule has 2 bridgehead atoms. The van der Waals surface area contributed by atoms with E-state index < -0.39 is 5.54 Å². The number of nitrogens with zero attached hydrogens (tertiary/aromatic N) is 1. The van der Waals surface area contributed by atoms with Crippen LogP contribution in [0.4, 0.5) is 0 Å². The molecule has 4 nitrogen and oxygen atoms in total. The molecule has 2 saturated carbocycles. The average Bonchev–Trinajstić information content (AvgIpc) is 2.73. The quantitative estimate of drug-likeness (QED) is 0.614. The van der Waals surface area contributed by atoms with Crippen LogP contribution in [0.15, 0.2) is 0 Å². The van der Waals surface area contributed by atoms with Gasteiger partial charge in [0, 0.05) is 5.92 Å². The third kappa shape index (κ3) is 1.12. The maximum Gasteiger partial charge on any atom is 0.309 e. The molecular weight excluding hydrogens is 180 g/mol. The molecule has 76 valence electrons. The Morgan fingerprint density at radius 1 is 1.64 bits per heavy atom. The summed E-state index contributed by atoms with van der Waals surface area (Å²) in [6, 6.07) is 2.15. The van der Waals surface area contributed by atoms with E-state index in [-0.39, 0.29) is 17.8 Å². The van der Waals surface area contributed by atoms with Crippen molar-refractivity contribution >= 4 is 5.97 Å². The third-order valence-electron chi connectivity index (χ3n) is 3.66. The fourth-order valence-electron chi connectivity index (χ4n) is 3.05. The zero-order chi connectivity index (χ0) is 10.3. The summed E-state index contributed by atoms with van der Waals surface area (Å²) in [5, 5.41) is 8.99. The van der Waals surface area contributed by atoms with Crippen LogP contribution >= 0.6 is 0 Å². The number of methoxy groups -OCH3 is 1. The normalized spacial score (nSPS) is 44.8. The fraction of sp³-hybridized carbons (Fsp3) is 0.800. The number of nitriles is 1. The molecule has 2 rings (SSSR count). The van der Waals surface area contributed by atoms with Gasteiger partial charge in [-0.1, -0.05) is 0 Å². The van der Waals surface area contributed by atoms with Crippen molar-refractivity contribution in [2.45, 2.75) is 24.8 Å². The largest absolute Gasteiger partial charge is 0.469 e. The number of esters is 1. The van der Waals surface area contributed by atoms with Crippen LogP contribution in [0.3, 0.4) is 0 Å². The van der Waals surface area contributed by atoms with E-state index in [0.717, 1.165) is 19.3 Å². The van der Waals surface area contributed by atoms with E-state index in [1.165, 1.54) is 7.11 Å². The van der Waals surface area contributed by atoms with E-state index in [0.29, 0.717) is 5.92 Å². The number of ether oxygens (including phenoxy) is 1. The van der Waals surface area contributed by atoms with Crippen molar-refractivity contribution < 1.29 is 9.53 Å². The predicted octanol–water partition coefficient (Wildman–Crippen LogP) is 0.427. The molecular formula is C10H14N2O2. The minimum Gasteiger partial charge on any atom is -0.469 e. The van der Waals surface area contributed by atoms with Crippen LogP contribution < -0.4 is 5.73 Å². The number of nitrogens with two attached hydrogens (primary N) is 1. The molecule has 0 aromatic carbocycles. The summed E-state index contributed by atoms with van der Waals surface area (Å²) in [5.74, 6) is 0.0874. The molecule has 2 aliphatic carbocycles. The third-order valence-corrected chi connectivity index (χ3v) is 3.66. The van der Waals surface area contributed by atoms with Crippen LogP contribution in [0.5, 0.6) is 0 Å². The van der Waals surface area contributed by atoms with E-state index in [4.69, 9.17) is 15.7 Å². The zero-order valence-electron chi connectivity index (χ0n) is 8.19. The molecule has 4 atom stereocenters. The molecule has 2 aliphatic rings. The molecule has 0 saturated heterocycles. The molecule has 14 heavy (non-hydrogen) atoms. The van der Waals surface area contributed by atoms with E-state index in [9.17, 15) is 4.79 Å². The number of fused-ring (bicyclic) bond motifs is 2. The molecule has 0 heterocycles. The van der Waals surface area contributed by atoms with Crippen LogP contribution in [0, 0.1) is 29.1 Å². The van der Waals surface area contributed by atoms with Crippen LogP contribution in [0.25, 0.3) is 0 Å². The number of carbonyl (C=O) groups is 1. The first-order valence-corrected chi connectivity index (χ1v) is 4.88. The average molecular weight is 194 g/mol. The highest BCUT2D eigenvalue weighted by Crippen LogP contribution is 2.52. The second-order valence-electron chi connectivity index (χ2n) is 4.43. The molecule has 0 aliphatic heterocycles. The summed E-state index contributed by atoms with van der Waals surface area (Å²) >= 11 is 0. The Balaban J connectivity index is 2.20. The smallest absolute Gasteiger partial charge is 0.309 e. The Morgan fingerprint density at radius 2 is 2.36 bits per heavy atom. The van der Waals surface area contributed by atoms with Gasteiger partial charge in [0.15, 0.2) is 0 Å². The van der Waals surface area contributed by atoms with Crippen LogP contribution in [-0.4, -0.2) is 18.6 Å². The number of hydrogen-bond acceptors (Lipinski definition) is 4. The van der Waals surface area contributed by atoms with Crippen molar-refractivity contribution in [3.05, 3.63) is 0 Å². The molecule has 0 aromatic rings. The molecule has 2 fully saturated rings. The molecule has 4 heteroatoms. The van der Waals surface area contributed by atoms with Gasteiger partial charge in [0.05, 0.1) is 19.1 Å². The standard InChI is InChI=1S/C10H14N2O2/c1-14-9(13)7-2-6-3-8(7)10(12,4-6)5-11/h6-8H,2-4,12H2,1H3. The van der Waals surface area contributed by atoms with E-state index >= 15 is 0 Å². The van der Waals surface area contributed by atoms with Crippen LogP contribution in [0.1, 0.15) is 19.3 Å². The van der Waals surface area contributed by atoms with Gasteiger partial charge >= 0.3 is 5.97 Å². The first-order chi connectivity index (χ1) is 6.60. The maximum absolute atomic E-state index is 11.4. The number of hydrogen-bond donors (Lipinski definition) is 1. The highest BCUT2D eigenvalue weighted by molar-refractivity contribution is 5.73. The Kier molecular flexibility index (Phi) is 2.00. The van der Waals surface area contributed by atoms with Crippen molar-refractivity contribution in [2.24, 2.45) is 23.5 Å². The molecule has 0 aromatic heterocycles. The lowest BCUT2D eigenvalue weighted by molar-refractivity contribution is -0.147. The highest BCUT2D eigenvalue weighted by atomic mass is 16.5. The van der Waals surface area contributed by atoms with Gasteiger partial charge in [-0.25, -0.2) is 0 Å². The van der Waals surface area contributed by atoms with Crippen LogP contribution in [0.2, 0.25) is 0 Å². The zero-order valence-corrected chi connectivity index (χ0v) is 8.19. The van der Waals surface area contributed by atoms with Crippen molar-refractivity contribution in [2.75, 3.05) is 7.11 Å². The predicted molar refractivity (Wildman–Crippen MR) is 48.9 cm³/mol. The summed E-state index contributed by atoms with van der Waals surface area (Å²) in [6.07, 6.45) is 2.49. The topological polar surface area (TPSA) is 76.1 Å². The van der Waals surface area contributed by atoms with Crippen molar-refractivity contribution in [1.82, 2.24) is 0 Å². The molecule has 4 unspecified atom stereocenters. The molecule has 2 N–H and O–H groups in total. The van der Waals surface area contributed by atoms with Gasteiger partial charge in [-0.3, -0.25) is 4.79 Å². The molecule has 0 amide bonds. The SMILES string of the molecule is COC(=O)C1CC2CC1C(N)(C#N)C2. The molecule has 0 radical (unpaired) electrons. The lowest BCUT2D eigenvalue weighted by atomic mass is 9.76. The van der Waals surface area contributed by atoms with Crippen molar-refractivity contribution in [3.63, 3.8) is 0 Å². The summed E-state index contributed by atoms with van der Waals surface area (Å²) in [4.78, 5) is 11.4. The fourth-order valence-corrected chi connectivity index (χ4v) is 3.05. The Labute approximate surface area is 83.0 Å². The van der Waals surface area contributed by atoms with Gasteiger partial charge in [-0.05, 0) is 25.2 Å². The van der Waals surface area contributed by atoms with Crippen molar-refractivity contribution in [3.8, 4) is 6.07 Å². The highest BCUT2D eigenvalue weighted by Gasteiger charge is 2.56. The summed E-state index contributed by atoms with van der Waals surface area (Å²) in [6.45, 7) is 0. The first kappa shape index (κ1) is 9.47. The van der Waals surface area contributed by atoms with E-state index in [1.807, 2.05) is 0 Å². The summed E-state index contributed by atoms with van der Waals surface area (Å²) in [5.41, 5.74) is 5.17. The maximum atomic E-state index is 11.4. The lowest BCUT2D eigenvalue weighted by Crippen LogP contribution is -2.48. The molecule has 0 spiro atoms. The Hall–Kier alpha value is -1.08. The monoisotopic (exact) mass is 194 g/mol. The minimum atomic E-state index is -0.790. The minimum absolute atomic E-state index is 0.00458. The lowest BCUT2D eigenvalue weighted by Gasteiger charge is -2.31. The van der Waals surface area contributed by atoms with Crippen LogP contribution in [-0.2, 0) is 9.53 Å². The van der Waals surface area contributed by atoms with E-state index in [2.05, 4.69) is 6.07 Å². The van der Waals surface area contributed by atoms with Gasteiger partial charge in [-0.15, -0.1) is 0 Å². The first-order valence-electron chi connectivity index (χ1n) is 4.88. The van der Waals surface area contributed by atoms with Gasteiger partial charge in [0.25, 0.3) is 0 Å². The van der Waals surface area contributed by atoms with Gasteiger partial charge in [0.1, 0.15) is 5.54 Å². The van der Waals surface area contributed by atoms with E-state index in [1.54, 1.807) is 0 Å². The number of carbonyl (C=O) groups excluding carboxylic acids is 1. The van der Waals surface area contributed by atoms with Gasteiger partial charge < -0.3 is 10.5 Å². The second-order valence-corrected chi connectivity index (χ2v) is 4.43. The van der Waals surface area contributed by atoms with Gasteiger partial charge in [-0.2, -0.15) is 5.26 Å². The summed E-state index contributed by atoms with van der Waals surface area (Å²) in [7, 11) is 1.39.